The zero-order valence-electron chi connectivity index (χ0n) is 14.3. The Kier molecular flexibility index (Phi) is 7.09. The maximum Gasteiger partial charge on any atom is 0.310 e. The van der Waals surface area contributed by atoms with Crippen molar-refractivity contribution in [1.82, 2.24) is 10.2 Å². The molecule has 7 nitrogen and oxygen atoms in total. The van der Waals surface area contributed by atoms with E-state index < -0.39 is 4.92 Å². The number of carbonyl (C=O) groups excluding carboxylic acids is 1. The zero-order chi connectivity index (χ0) is 18.5. The number of rotatable bonds is 5. The van der Waals surface area contributed by atoms with E-state index in [9.17, 15) is 19.3 Å². The third-order valence-electron chi connectivity index (χ3n) is 4.21. The van der Waals surface area contributed by atoms with E-state index in [1.165, 1.54) is 30.3 Å². The minimum atomic E-state index is -0.555. The smallest absolute Gasteiger partial charge is 0.310 e. The molecule has 0 aliphatic carbocycles. The second-order valence-electron chi connectivity index (χ2n) is 5.88. The van der Waals surface area contributed by atoms with Gasteiger partial charge in [-0.15, -0.1) is 12.4 Å². The van der Waals surface area contributed by atoms with Crippen molar-refractivity contribution in [3.8, 4) is 5.75 Å². The molecule has 0 spiro atoms. The number of nitro groups is 1. The number of piperazine rings is 1. The van der Waals surface area contributed by atoms with Crippen molar-refractivity contribution >= 4 is 24.0 Å². The van der Waals surface area contributed by atoms with Crippen LogP contribution in [0.2, 0.25) is 0 Å². The molecule has 0 bridgehead atoms. The van der Waals surface area contributed by atoms with Gasteiger partial charge in [0, 0.05) is 25.7 Å². The second-order valence-corrected chi connectivity index (χ2v) is 5.88. The second kappa shape index (κ2) is 9.29. The number of carbonyl (C=O) groups is 1. The van der Waals surface area contributed by atoms with Gasteiger partial charge in [-0.2, -0.15) is 0 Å². The molecular formula is C18H19ClFN3O4. The number of amides is 1. The molecule has 3 rings (SSSR count). The summed E-state index contributed by atoms with van der Waals surface area (Å²) in [5, 5.41) is 14.2. The van der Waals surface area contributed by atoms with Crippen LogP contribution >= 0.6 is 12.4 Å². The number of nitrogens with one attached hydrogen (secondary N) is 1. The fourth-order valence-electron chi connectivity index (χ4n) is 2.97. The molecular weight excluding hydrogens is 377 g/mol. The lowest BCUT2D eigenvalue weighted by atomic mass is 10.0. The van der Waals surface area contributed by atoms with Gasteiger partial charge in [0.25, 0.3) is 5.91 Å². The monoisotopic (exact) mass is 395 g/mol. The van der Waals surface area contributed by atoms with Crippen LogP contribution in [0.1, 0.15) is 11.6 Å². The lowest BCUT2D eigenvalue weighted by molar-refractivity contribution is -0.385. The summed E-state index contributed by atoms with van der Waals surface area (Å²) in [7, 11) is 0. The summed E-state index contributed by atoms with van der Waals surface area (Å²) in [6.07, 6.45) is 0. The number of nitrogens with zero attached hydrogens (tertiary/aromatic N) is 2. The number of nitro benzene ring substituents is 1. The van der Waals surface area contributed by atoms with Crippen molar-refractivity contribution < 1.29 is 18.8 Å². The maximum absolute atomic E-state index is 13.5. The van der Waals surface area contributed by atoms with E-state index in [1.807, 2.05) is 0 Å². The van der Waals surface area contributed by atoms with Crippen molar-refractivity contribution in [3.63, 3.8) is 0 Å². The number of para-hydroxylation sites is 2. The van der Waals surface area contributed by atoms with Crippen LogP contribution in [-0.2, 0) is 4.79 Å². The Labute approximate surface area is 161 Å². The van der Waals surface area contributed by atoms with Crippen molar-refractivity contribution in [1.29, 1.82) is 0 Å². The Balaban J connectivity index is 0.00000261. The molecule has 144 valence electrons. The fourth-order valence-corrected chi connectivity index (χ4v) is 2.97. The van der Waals surface area contributed by atoms with Gasteiger partial charge < -0.3 is 15.0 Å². The van der Waals surface area contributed by atoms with Gasteiger partial charge in [0.05, 0.1) is 11.0 Å². The molecule has 1 aliphatic heterocycles. The minimum Gasteiger partial charge on any atom is -0.477 e. The van der Waals surface area contributed by atoms with Crippen molar-refractivity contribution in [2.24, 2.45) is 0 Å². The van der Waals surface area contributed by atoms with Crippen molar-refractivity contribution in [2.75, 3.05) is 26.2 Å². The molecule has 27 heavy (non-hydrogen) atoms. The number of benzene rings is 2. The average Bonchev–Trinajstić information content (AvgIpc) is 2.66. The normalized spacial score (nSPS) is 16.3. The largest absolute Gasteiger partial charge is 0.477 e. The summed E-state index contributed by atoms with van der Waals surface area (Å²) >= 11 is 0. The molecule has 1 unspecified atom stereocenters. The molecule has 1 N–H and O–H groups in total. The average molecular weight is 396 g/mol. The highest BCUT2D eigenvalue weighted by Crippen LogP contribution is 2.27. The molecule has 1 atom stereocenters. The van der Waals surface area contributed by atoms with Crippen molar-refractivity contribution in [3.05, 3.63) is 70.0 Å². The standard InChI is InChI=1S/C18H18FN3O4.ClH/c19-14-5-3-4-13(10-14)16-11-20-8-9-21(16)18(23)12-26-17-7-2-1-6-15(17)22(24)25;/h1-7,10,16,20H,8-9,11-12H2;1H. The van der Waals surface area contributed by atoms with E-state index in [1.54, 1.807) is 23.1 Å². The highest BCUT2D eigenvalue weighted by atomic mass is 35.5. The molecule has 2 aromatic rings. The van der Waals surface area contributed by atoms with E-state index in [2.05, 4.69) is 5.32 Å². The highest BCUT2D eigenvalue weighted by molar-refractivity contribution is 5.85. The Morgan fingerprint density at radius 3 is 2.81 bits per heavy atom. The highest BCUT2D eigenvalue weighted by Gasteiger charge is 2.28. The number of ether oxygens (including phenoxy) is 1. The van der Waals surface area contributed by atoms with Crippen LogP contribution in [0.3, 0.4) is 0 Å². The van der Waals surface area contributed by atoms with Gasteiger partial charge in [-0.25, -0.2) is 4.39 Å². The molecule has 0 saturated carbocycles. The third-order valence-corrected chi connectivity index (χ3v) is 4.21. The molecule has 2 aromatic carbocycles. The Morgan fingerprint density at radius 1 is 1.30 bits per heavy atom. The van der Waals surface area contributed by atoms with Gasteiger partial charge in [0.2, 0.25) is 0 Å². The summed E-state index contributed by atoms with van der Waals surface area (Å²) in [6, 6.07) is 11.7. The quantitative estimate of drug-likeness (QED) is 0.621. The first-order chi connectivity index (χ1) is 12.6. The van der Waals surface area contributed by atoms with E-state index >= 15 is 0 Å². The molecule has 9 heteroatoms. The minimum absolute atomic E-state index is 0. The van der Waals surface area contributed by atoms with Crippen LogP contribution in [0, 0.1) is 15.9 Å². The lowest BCUT2D eigenvalue weighted by Crippen LogP contribution is -2.50. The molecule has 1 amide bonds. The molecule has 1 aliphatic rings. The van der Waals surface area contributed by atoms with Gasteiger partial charge in [-0.3, -0.25) is 14.9 Å². The molecule has 0 aromatic heterocycles. The van der Waals surface area contributed by atoms with Crippen LogP contribution < -0.4 is 10.1 Å². The van der Waals surface area contributed by atoms with Crippen LogP contribution in [0.25, 0.3) is 0 Å². The molecule has 1 heterocycles. The van der Waals surface area contributed by atoms with E-state index in [0.29, 0.717) is 25.2 Å². The SMILES string of the molecule is Cl.O=C(COc1ccccc1[N+](=O)[O-])N1CCNCC1c1cccc(F)c1. The Bertz CT molecular complexity index is 821. The van der Waals surface area contributed by atoms with Crippen LogP contribution in [0.5, 0.6) is 5.75 Å². The van der Waals surface area contributed by atoms with E-state index in [4.69, 9.17) is 4.74 Å². The number of hydrogen-bond acceptors (Lipinski definition) is 5. The summed E-state index contributed by atoms with van der Waals surface area (Å²) in [4.78, 5) is 24.7. The summed E-state index contributed by atoms with van der Waals surface area (Å²) in [5.41, 5.74) is 0.499. The number of hydrogen-bond donors (Lipinski definition) is 1. The van der Waals surface area contributed by atoms with Gasteiger partial charge >= 0.3 is 5.69 Å². The summed E-state index contributed by atoms with van der Waals surface area (Å²) < 4.78 is 18.9. The fraction of sp³-hybridized carbons (Fsp3) is 0.278. The molecule has 1 fully saturated rings. The first kappa shape index (κ1) is 20.6. The first-order valence-electron chi connectivity index (χ1n) is 8.18. The van der Waals surface area contributed by atoms with Gasteiger partial charge in [0.1, 0.15) is 5.82 Å². The summed E-state index contributed by atoms with van der Waals surface area (Å²) in [6.45, 7) is 1.24. The van der Waals surface area contributed by atoms with E-state index in [-0.39, 0.29) is 48.2 Å². The van der Waals surface area contributed by atoms with Crippen LogP contribution in [0.4, 0.5) is 10.1 Å². The third kappa shape index (κ3) is 4.93. The van der Waals surface area contributed by atoms with Crippen LogP contribution in [0.15, 0.2) is 48.5 Å². The predicted octanol–water partition coefficient (Wildman–Crippen LogP) is 2.71. The molecule has 1 saturated heterocycles. The van der Waals surface area contributed by atoms with E-state index in [0.717, 1.165) is 0 Å². The van der Waals surface area contributed by atoms with Gasteiger partial charge in [0.15, 0.2) is 12.4 Å². The first-order valence-corrected chi connectivity index (χ1v) is 8.18. The Hall–Kier alpha value is -2.71. The Morgan fingerprint density at radius 2 is 2.07 bits per heavy atom. The zero-order valence-corrected chi connectivity index (χ0v) is 15.2. The predicted molar refractivity (Wildman–Crippen MR) is 99.6 cm³/mol. The van der Waals surface area contributed by atoms with Crippen molar-refractivity contribution in [2.45, 2.75) is 6.04 Å². The number of halogens is 2. The topological polar surface area (TPSA) is 84.7 Å². The summed E-state index contributed by atoms with van der Waals surface area (Å²) in [5.74, 6) is -0.626. The molecule has 0 radical (unpaired) electrons. The van der Waals surface area contributed by atoms with Gasteiger partial charge in [-0.05, 0) is 23.8 Å². The van der Waals surface area contributed by atoms with Crippen LogP contribution in [-0.4, -0.2) is 42.0 Å². The maximum atomic E-state index is 13.5. The lowest BCUT2D eigenvalue weighted by Gasteiger charge is -2.36. The van der Waals surface area contributed by atoms with Gasteiger partial charge in [-0.1, -0.05) is 24.3 Å².